The summed E-state index contributed by atoms with van der Waals surface area (Å²) in [5, 5.41) is 0. The number of nitrogens with two attached hydrogens (primary N) is 1. The van der Waals surface area contributed by atoms with E-state index in [4.69, 9.17) is 5.84 Å². The molecule has 0 saturated carbocycles. The van der Waals surface area contributed by atoms with E-state index >= 15 is 0 Å². The number of hydrogen-bond acceptors (Lipinski definition) is 6. The lowest BCUT2D eigenvalue weighted by Gasteiger charge is -2.10. The fourth-order valence-electron chi connectivity index (χ4n) is 1.66. The van der Waals surface area contributed by atoms with Crippen molar-refractivity contribution in [2.45, 2.75) is 29.9 Å². The molecular formula is C13H16N4OS2. The van der Waals surface area contributed by atoms with Crippen molar-refractivity contribution in [3.63, 3.8) is 0 Å². The number of hydrazine groups is 1. The van der Waals surface area contributed by atoms with Gasteiger partial charge < -0.3 is 0 Å². The summed E-state index contributed by atoms with van der Waals surface area (Å²) in [5.41, 5.74) is 4.31. The van der Waals surface area contributed by atoms with Gasteiger partial charge in [-0.15, -0.1) is 0 Å². The molecule has 7 heteroatoms. The molecule has 1 heterocycles. The number of rotatable bonds is 5. The Bertz CT molecular complexity index is 582. The molecule has 0 radical (unpaired) electrons. The fourth-order valence-corrected chi connectivity index (χ4v) is 3.26. The smallest absolute Gasteiger partial charge is 0.241 e. The standard InChI is InChI=1S/C13H16N4OS2/c1-8(12(18)16-14)11-5-3-10(4-6-11)7-19-13-15-9(2)17-20-13/h3-6,8H,7,14H2,1-2H3,(H,16,18). The third kappa shape index (κ3) is 3.78. The van der Waals surface area contributed by atoms with Gasteiger partial charge in [-0.2, -0.15) is 4.37 Å². The second kappa shape index (κ2) is 6.83. The number of thioether (sulfide) groups is 1. The van der Waals surface area contributed by atoms with Gasteiger partial charge in [0.2, 0.25) is 5.91 Å². The van der Waals surface area contributed by atoms with E-state index in [0.717, 1.165) is 21.5 Å². The minimum Gasteiger partial charge on any atom is -0.294 e. The molecule has 1 amide bonds. The molecule has 0 spiro atoms. The van der Waals surface area contributed by atoms with E-state index in [1.54, 1.807) is 11.8 Å². The maximum atomic E-state index is 11.5. The molecule has 106 valence electrons. The highest BCUT2D eigenvalue weighted by Crippen LogP contribution is 2.25. The van der Waals surface area contributed by atoms with Gasteiger partial charge in [-0.1, -0.05) is 36.0 Å². The van der Waals surface area contributed by atoms with Gasteiger partial charge in [-0.25, -0.2) is 10.8 Å². The summed E-state index contributed by atoms with van der Waals surface area (Å²) in [6.07, 6.45) is 0. The van der Waals surface area contributed by atoms with E-state index in [1.807, 2.05) is 38.1 Å². The third-order valence-electron chi connectivity index (χ3n) is 2.89. The van der Waals surface area contributed by atoms with Gasteiger partial charge in [0.25, 0.3) is 0 Å². The van der Waals surface area contributed by atoms with Gasteiger partial charge >= 0.3 is 0 Å². The van der Waals surface area contributed by atoms with Crippen LogP contribution in [0.1, 0.15) is 29.8 Å². The summed E-state index contributed by atoms with van der Waals surface area (Å²) >= 11 is 3.08. The first-order valence-electron chi connectivity index (χ1n) is 6.12. The maximum Gasteiger partial charge on any atom is 0.241 e. The molecule has 1 aromatic carbocycles. The van der Waals surface area contributed by atoms with Crippen molar-refractivity contribution in [3.05, 3.63) is 41.2 Å². The quantitative estimate of drug-likeness (QED) is 0.383. The zero-order chi connectivity index (χ0) is 14.5. The molecule has 1 aromatic heterocycles. The number of amides is 1. The number of carbonyl (C=O) groups excluding carboxylic acids is 1. The Morgan fingerprint density at radius 3 is 2.70 bits per heavy atom. The number of hydrogen-bond donors (Lipinski definition) is 2. The molecule has 2 rings (SSSR count). The molecular weight excluding hydrogens is 292 g/mol. The molecule has 0 aliphatic carbocycles. The van der Waals surface area contributed by atoms with Crippen molar-refractivity contribution < 1.29 is 4.79 Å². The summed E-state index contributed by atoms with van der Waals surface area (Å²) in [7, 11) is 0. The van der Waals surface area contributed by atoms with Gasteiger partial charge in [-0.3, -0.25) is 10.2 Å². The van der Waals surface area contributed by atoms with Gasteiger partial charge in [-0.05, 0) is 36.5 Å². The van der Waals surface area contributed by atoms with E-state index < -0.39 is 0 Å². The minimum absolute atomic E-state index is 0.184. The van der Waals surface area contributed by atoms with Crippen molar-refractivity contribution in [2.75, 3.05) is 0 Å². The second-order valence-corrected chi connectivity index (χ2v) is 6.34. The van der Waals surface area contributed by atoms with Gasteiger partial charge in [0.15, 0.2) is 4.34 Å². The van der Waals surface area contributed by atoms with Crippen LogP contribution in [-0.2, 0) is 10.5 Å². The normalized spacial score (nSPS) is 12.2. The average molecular weight is 308 g/mol. The third-order valence-corrected chi connectivity index (χ3v) is 4.88. The van der Waals surface area contributed by atoms with Crippen molar-refractivity contribution in [1.29, 1.82) is 0 Å². The number of nitrogens with one attached hydrogen (secondary N) is 1. The highest BCUT2D eigenvalue weighted by Gasteiger charge is 2.13. The average Bonchev–Trinajstić information content (AvgIpc) is 2.89. The van der Waals surface area contributed by atoms with Crippen LogP contribution in [0.4, 0.5) is 0 Å². The van der Waals surface area contributed by atoms with Crippen molar-refractivity contribution >= 4 is 29.2 Å². The first kappa shape index (κ1) is 15.0. The topological polar surface area (TPSA) is 80.9 Å². The van der Waals surface area contributed by atoms with Crippen LogP contribution in [0.5, 0.6) is 0 Å². The van der Waals surface area contributed by atoms with Crippen LogP contribution in [-0.4, -0.2) is 15.3 Å². The number of nitrogens with zero attached hydrogens (tertiary/aromatic N) is 2. The first-order chi connectivity index (χ1) is 9.60. The Balaban J connectivity index is 1.96. The Hall–Kier alpha value is -1.44. The Labute approximate surface area is 126 Å². The highest BCUT2D eigenvalue weighted by atomic mass is 32.2. The van der Waals surface area contributed by atoms with Crippen LogP contribution in [0.2, 0.25) is 0 Å². The van der Waals surface area contributed by atoms with Gasteiger partial charge in [0.05, 0.1) is 5.92 Å². The van der Waals surface area contributed by atoms with Gasteiger partial charge in [0.1, 0.15) is 5.82 Å². The molecule has 3 N–H and O–H groups in total. The molecule has 1 atom stereocenters. The molecule has 5 nitrogen and oxygen atoms in total. The Kier molecular flexibility index (Phi) is 5.11. The summed E-state index contributed by atoms with van der Waals surface area (Å²) in [5.74, 6) is 6.37. The Morgan fingerprint density at radius 1 is 1.45 bits per heavy atom. The highest BCUT2D eigenvalue weighted by molar-refractivity contribution is 8.00. The zero-order valence-electron chi connectivity index (χ0n) is 11.3. The van der Waals surface area contributed by atoms with E-state index in [2.05, 4.69) is 14.8 Å². The molecule has 2 aromatic rings. The van der Waals surface area contributed by atoms with E-state index in [1.165, 1.54) is 17.1 Å². The van der Waals surface area contributed by atoms with Crippen molar-refractivity contribution in [2.24, 2.45) is 5.84 Å². The molecule has 0 bridgehead atoms. The summed E-state index contributed by atoms with van der Waals surface area (Å²) in [6, 6.07) is 7.97. The number of aromatic nitrogens is 2. The zero-order valence-corrected chi connectivity index (χ0v) is 12.9. The molecule has 0 aliphatic heterocycles. The number of aryl methyl sites for hydroxylation is 1. The lowest BCUT2D eigenvalue weighted by atomic mass is 10.00. The maximum absolute atomic E-state index is 11.5. The van der Waals surface area contributed by atoms with Crippen LogP contribution in [0.3, 0.4) is 0 Å². The lowest BCUT2D eigenvalue weighted by Crippen LogP contribution is -2.33. The van der Waals surface area contributed by atoms with E-state index in [9.17, 15) is 4.79 Å². The fraction of sp³-hybridized carbons (Fsp3) is 0.308. The molecule has 0 saturated heterocycles. The monoisotopic (exact) mass is 308 g/mol. The molecule has 0 aliphatic rings. The van der Waals surface area contributed by atoms with Gasteiger partial charge in [0, 0.05) is 5.75 Å². The lowest BCUT2D eigenvalue weighted by molar-refractivity contribution is -0.122. The van der Waals surface area contributed by atoms with Crippen LogP contribution >= 0.6 is 23.3 Å². The number of benzene rings is 1. The van der Waals surface area contributed by atoms with Crippen molar-refractivity contribution in [3.8, 4) is 0 Å². The summed E-state index contributed by atoms with van der Waals surface area (Å²) in [6.45, 7) is 3.72. The second-order valence-electron chi connectivity index (χ2n) is 4.37. The molecule has 20 heavy (non-hydrogen) atoms. The van der Waals surface area contributed by atoms with Crippen LogP contribution in [0.25, 0.3) is 0 Å². The van der Waals surface area contributed by atoms with Crippen LogP contribution in [0.15, 0.2) is 28.6 Å². The van der Waals surface area contributed by atoms with Crippen molar-refractivity contribution in [1.82, 2.24) is 14.8 Å². The SMILES string of the molecule is Cc1nsc(SCc2ccc(C(C)C(=O)NN)cc2)n1. The predicted octanol–water partition coefficient (Wildman–Crippen LogP) is 2.23. The first-order valence-corrected chi connectivity index (χ1v) is 7.88. The Morgan fingerprint density at radius 2 is 2.15 bits per heavy atom. The van der Waals surface area contributed by atoms with E-state index in [-0.39, 0.29) is 11.8 Å². The van der Waals surface area contributed by atoms with Crippen LogP contribution in [0, 0.1) is 6.92 Å². The number of carbonyl (C=O) groups is 1. The summed E-state index contributed by atoms with van der Waals surface area (Å²) < 4.78 is 5.12. The summed E-state index contributed by atoms with van der Waals surface area (Å²) in [4.78, 5) is 15.8. The van der Waals surface area contributed by atoms with Crippen LogP contribution < -0.4 is 11.3 Å². The molecule has 1 unspecified atom stereocenters. The predicted molar refractivity (Wildman–Crippen MR) is 81.4 cm³/mol. The minimum atomic E-state index is -0.243. The molecule has 0 fully saturated rings. The van der Waals surface area contributed by atoms with E-state index in [0.29, 0.717) is 0 Å². The largest absolute Gasteiger partial charge is 0.294 e.